The molecule has 0 radical (unpaired) electrons. The number of fused-ring (bicyclic) bond motifs is 1. The number of para-hydroxylation sites is 1. The molecule has 2 aromatic heterocycles. The summed E-state index contributed by atoms with van der Waals surface area (Å²) in [6.45, 7) is 5.03. The van der Waals surface area contributed by atoms with E-state index in [0.717, 1.165) is 29.2 Å². The van der Waals surface area contributed by atoms with E-state index in [1.807, 2.05) is 0 Å². The smallest absolute Gasteiger partial charge is 0.159 e. The zero-order valence-electron chi connectivity index (χ0n) is 11.3. The quantitative estimate of drug-likeness (QED) is 0.739. The third kappa shape index (κ3) is 2.95. The van der Waals surface area contributed by atoms with Crippen molar-refractivity contribution in [2.45, 2.75) is 20.0 Å². The zero-order valence-corrected chi connectivity index (χ0v) is 13.7. The minimum absolute atomic E-state index is 0.887. The first kappa shape index (κ1) is 13.8. The summed E-state index contributed by atoms with van der Waals surface area (Å²) in [7, 11) is 0. The number of aromatic amines is 1. The Morgan fingerprint density at radius 1 is 1.30 bits per heavy atom. The molecule has 0 amide bonds. The Morgan fingerprint density at radius 2 is 2.15 bits per heavy atom. The Morgan fingerprint density at radius 3 is 2.90 bits per heavy atom. The van der Waals surface area contributed by atoms with Crippen LogP contribution in [0, 0.1) is 0 Å². The fourth-order valence-electron chi connectivity index (χ4n) is 2.37. The standard InChI is InChI=1S/C15H16BrN3S/c1-2-19(9-12-10-20-15(16)18-12)8-11-7-17-14-6-4-3-5-13(11)14/h3-7,10,17H,2,8-9H2,1H3. The van der Waals surface area contributed by atoms with E-state index in [1.165, 1.54) is 16.5 Å². The first-order chi connectivity index (χ1) is 9.76. The molecule has 1 N–H and O–H groups in total. The lowest BCUT2D eigenvalue weighted by Gasteiger charge is -2.18. The fraction of sp³-hybridized carbons (Fsp3) is 0.267. The van der Waals surface area contributed by atoms with E-state index in [2.05, 4.69) is 73.6 Å². The van der Waals surface area contributed by atoms with Crippen molar-refractivity contribution in [2.75, 3.05) is 6.54 Å². The molecule has 0 saturated carbocycles. The van der Waals surface area contributed by atoms with Gasteiger partial charge in [-0.25, -0.2) is 4.98 Å². The lowest BCUT2D eigenvalue weighted by Crippen LogP contribution is -2.22. The Kier molecular flexibility index (Phi) is 4.19. The second kappa shape index (κ2) is 6.08. The summed E-state index contributed by atoms with van der Waals surface area (Å²) in [4.78, 5) is 10.2. The van der Waals surface area contributed by atoms with E-state index in [4.69, 9.17) is 0 Å². The van der Waals surface area contributed by atoms with E-state index < -0.39 is 0 Å². The first-order valence-corrected chi connectivity index (χ1v) is 8.30. The van der Waals surface area contributed by atoms with Crippen molar-refractivity contribution in [3.05, 3.63) is 51.0 Å². The molecule has 1 aromatic carbocycles. The normalized spacial score (nSPS) is 11.6. The average molecular weight is 350 g/mol. The average Bonchev–Trinajstić information content (AvgIpc) is 3.05. The van der Waals surface area contributed by atoms with Crippen molar-refractivity contribution >= 4 is 38.2 Å². The lowest BCUT2D eigenvalue weighted by atomic mass is 10.1. The van der Waals surface area contributed by atoms with Gasteiger partial charge in [-0.05, 0) is 34.1 Å². The van der Waals surface area contributed by atoms with Gasteiger partial charge in [0.2, 0.25) is 0 Å². The summed E-state index contributed by atoms with van der Waals surface area (Å²) in [6, 6.07) is 8.45. The van der Waals surface area contributed by atoms with Gasteiger partial charge in [0.1, 0.15) is 0 Å². The second-order valence-electron chi connectivity index (χ2n) is 4.75. The van der Waals surface area contributed by atoms with Crippen LogP contribution in [0.15, 0.2) is 39.8 Å². The van der Waals surface area contributed by atoms with Crippen molar-refractivity contribution in [1.29, 1.82) is 0 Å². The molecule has 0 fully saturated rings. The van der Waals surface area contributed by atoms with Gasteiger partial charge in [-0.15, -0.1) is 11.3 Å². The maximum atomic E-state index is 4.48. The van der Waals surface area contributed by atoms with Gasteiger partial charge in [-0.1, -0.05) is 25.1 Å². The van der Waals surface area contributed by atoms with Gasteiger partial charge in [-0.2, -0.15) is 0 Å². The minimum atomic E-state index is 0.887. The molecule has 5 heteroatoms. The van der Waals surface area contributed by atoms with Crippen LogP contribution in [0.5, 0.6) is 0 Å². The number of hydrogen-bond acceptors (Lipinski definition) is 3. The van der Waals surface area contributed by atoms with E-state index >= 15 is 0 Å². The van der Waals surface area contributed by atoms with Crippen LogP contribution in [0.2, 0.25) is 0 Å². The molecule has 0 aliphatic rings. The van der Waals surface area contributed by atoms with Gasteiger partial charge in [-0.3, -0.25) is 4.90 Å². The van der Waals surface area contributed by atoms with Gasteiger partial charge in [0.15, 0.2) is 3.92 Å². The van der Waals surface area contributed by atoms with Crippen LogP contribution in [-0.4, -0.2) is 21.4 Å². The van der Waals surface area contributed by atoms with E-state index in [0.29, 0.717) is 0 Å². The summed E-state index contributed by atoms with van der Waals surface area (Å²) in [5, 5.41) is 3.42. The molecule has 0 spiro atoms. The number of nitrogens with zero attached hydrogens (tertiary/aromatic N) is 2. The maximum absolute atomic E-state index is 4.48. The predicted octanol–water partition coefficient (Wildman–Crippen LogP) is 4.41. The predicted molar refractivity (Wildman–Crippen MR) is 87.9 cm³/mol. The highest BCUT2D eigenvalue weighted by atomic mass is 79.9. The number of H-pyrrole nitrogens is 1. The van der Waals surface area contributed by atoms with Gasteiger partial charge >= 0.3 is 0 Å². The number of halogens is 1. The molecule has 0 bridgehead atoms. The Labute approximate surface area is 130 Å². The molecular formula is C15H16BrN3S. The van der Waals surface area contributed by atoms with Crippen LogP contribution in [0.3, 0.4) is 0 Å². The number of thiazole rings is 1. The van der Waals surface area contributed by atoms with Crippen molar-refractivity contribution in [3.63, 3.8) is 0 Å². The van der Waals surface area contributed by atoms with E-state index in [-0.39, 0.29) is 0 Å². The van der Waals surface area contributed by atoms with Crippen LogP contribution in [0.1, 0.15) is 18.2 Å². The van der Waals surface area contributed by atoms with Crippen molar-refractivity contribution in [2.24, 2.45) is 0 Å². The van der Waals surface area contributed by atoms with Crippen LogP contribution in [-0.2, 0) is 13.1 Å². The SMILES string of the molecule is CCN(Cc1csc(Br)n1)Cc1c[nH]c2ccccc12. The van der Waals surface area contributed by atoms with Crippen molar-refractivity contribution in [1.82, 2.24) is 14.9 Å². The van der Waals surface area contributed by atoms with Gasteiger partial charge in [0.25, 0.3) is 0 Å². The Balaban J connectivity index is 1.77. The van der Waals surface area contributed by atoms with Crippen molar-refractivity contribution < 1.29 is 0 Å². The van der Waals surface area contributed by atoms with Crippen LogP contribution >= 0.6 is 27.3 Å². The molecule has 0 aliphatic carbocycles. The Bertz CT molecular complexity index is 704. The zero-order chi connectivity index (χ0) is 13.9. The second-order valence-corrected chi connectivity index (χ2v) is 6.89. The largest absolute Gasteiger partial charge is 0.361 e. The third-order valence-electron chi connectivity index (χ3n) is 3.43. The summed E-state index contributed by atoms with van der Waals surface area (Å²) in [6.07, 6.45) is 2.12. The van der Waals surface area contributed by atoms with Gasteiger partial charge < -0.3 is 4.98 Å². The molecule has 0 aliphatic heterocycles. The number of benzene rings is 1. The summed E-state index contributed by atoms with van der Waals surface area (Å²) in [5.41, 5.74) is 3.68. The van der Waals surface area contributed by atoms with Crippen LogP contribution in [0.25, 0.3) is 10.9 Å². The number of nitrogens with one attached hydrogen (secondary N) is 1. The molecule has 3 nitrogen and oxygen atoms in total. The summed E-state index contributed by atoms with van der Waals surface area (Å²) >= 11 is 5.06. The maximum Gasteiger partial charge on any atom is 0.159 e. The fourth-order valence-corrected chi connectivity index (χ4v) is 3.41. The first-order valence-electron chi connectivity index (χ1n) is 6.63. The topological polar surface area (TPSA) is 31.9 Å². The summed E-state index contributed by atoms with van der Waals surface area (Å²) in [5.74, 6) is 0. The third-order valence-corrected chi connectivity index (χ3v) is 4.84. The number of aromatic nitrogens is 2. The lowest BCUT2D eigenvalue weighted by molar-refractivity contribution is 0.269. The molecule has 0 unspecified atom stereocenters. The molecule has 20 heavy (non-hydrogen) atoms. The van der Waals surface area contributed by atoms with Gasteiger partial charge in [0.05, 0.1) is 5.69 Å². The molecule has 2 heterocycles. The molecule has 3 aromatic rings. The highest BCUT2D eigenvalue weighted by Gasteiger charge is 2.10. The molecule has 3 rings (SSSR count). The highest BCUT2D eigenvalue weighted by molar-refractivity contribution is 9.11. The van der Waals surface area contributed by atoms with Gasteiger partial charge in [0, 0.05) is 35.6 Å². The Hall–Kier alpha value is -1.17. The highest BCUT2D eigenvalue weighted by Crippen LogP contribution is 2.21. The molecule has 0 saturated heterocycles. The number of hydrogen-bond donors (Lipinski definition) is 1. The monoisotopic (exact) mass is 349 g/mol. The van der Waals surface area contributed by atoms with Crippen molar-refractivity contribution in [3.8, 4) is 0 Å². The molecular weight excluding hydrogens is 334 g/mol. The summed E-state index contributed by atoms with van der Waals surface area (Å²) < 4.78 is 0.954. The van der Waals surface area contributed by atoms with E-state index in [9.17, 15) is 0 Å². The number of rotatable bonds is 5. The minimum Gasteiger partial charge on any atom is -0.361 e. The van der Waals surface area contributed by atoms with E-state index in [1.54, 1.807) is 11.3 Å². The molecule has 104 valence electrons. The van der Waals surface area contributed by atoms with Crippen LogP contribution < -0.4 is 0 Å². The molecule has 0 atom stereocenters. The van der Waals surface area contributed by atoms with Crippen LogP contribution in [0.4, 0.5) is 0 Å².